The molecule has 0 bridgehead atoms. The summed E-state index contributed by atoms with van der Waals surface area (Å²) in [5.74, 6) is 0. The minimum absolute atomic E-state index is 0.129. The van der Waals surface area contributed by atoms with Crippen LogP contribution in [0.15, 0.2) is 127 Å². The van der Waals surface area contributed by atoms with E-state index in [1.807, 2.05) is 48.5 Å². The Morgan fingerprint density at radius 2 is 0.804 bits per heavy atom. The van der Waals surface area contributed by atoms with E-state index in [0.717, 1.165) is 62.2 Å². The van der Waals surface area contributed by atoms with E-state index in [2.05, 4.69) is 42.5 Å². The number of fused-ring (bicyclic) bond motifs is 10. The zero-order valence-electron chi connectivity index (χ0n) is 23.8. The van der Waals surface area contributed by atoms with Crippen molar-refractivity contribution < 1.29 is 26.3 Å². The van der Waals surface area contributed by atoms with Gasteiger partial charge in [0.15, 0.2) is 0 Å². The molecule has 8 rings (SSSR count). The van der Waals surface area contributed by atoms with Gasteiger partial charge >= 0.3 is 12.4 Å². The third-order valence-electron chi connectivity index (χ3n) is 9.15. The normalized spacial score (nSPS) is 14.2. The molecule has 0 aromatic heterocycles. The Bertz CT molecular complexity index is 2110. The largest absolute Gasteiger partial charge is 0.416 e. The molecule has 0 fully saturated rings. The number of halogens is 7. The van der Waals surface area contributed by atoms with Crippen molar-refractivity contribution in [1.29, 1.82) is 0 Å². The van der Waals surface area contributed by atoms with E-state index >= 15 is 0 Å². The van der Waals surface area contributed by atoms with Gasteiger partial charge in [0.1, 0.15) is 0 Å². The molecular formula is C39H21ClF6. The minimum atomic E-state index is -4.96. The van der Waals surface area contributed by atoms with Gasteiger partial charge in [-0.25, -0.2) is 0 Å². The number of hydrogen-bond acceptors (Lipinski definition) is 0. The Morgan fingerprint density at radius 3 is 1.28 bits per heavy atom. The van der Waals surface area contributed by atoms with Gasteiger partial charge < -0.3 is 0 Å². The topological polar surface area (TPSA) is 0 Å². The van der Waals surface area contributed by atoms with Crippen molar-refractivity contribution in [2.45, 2.75) is 17.8 Å². The summed E-state index contributed by atoms with van der Waals surface area (Å²) in [6.45, 7) is 0. The molecule has 0 aliphatic heterocycles. The molecule has 46 heavy (non-hydrogen) atoms. The Hall–Kier alpha value is -4.81. The average Bonchev–Trinajstić information content (AvgIpc) is 3.50. The van der Waals surface area contributed by atoms with E-state index in [1.165, 1.54) is 6.07 Å². The first-order valence-corrected chi connectivity index (χ1v) is 14.9. The maximum Gasteiger partial charge on any atom is 0.416 e. The molecule has 0 amide bonds. The van der Waals surface area contributed by atoms with Crippen LogP contribution in [0.25, 0.3) is 44.5 Å². The first-order chi connectivity index (χ1) is 22.0. The zero-order valence-corrected chi connectivity index (χ0v) is 24.5. The second kappa shape index (κ2) is 9.84. The van der Waals surface area contributed by atoms with Crippen LogP contribution in [0.5, 0.6) is 0 Å². The molecule has 0 N–H and O–H groups in total. The van der Waals surface area contributed by atoms with E-state index in [4.69, 9.17) is 11.6 Å². The lowest BCUT2D eigenvalue weighted by Gasteiger charge is -2.30. The van der Waals surface area contributed by atoms with E-state index in [-0.39, 0.29) is 22.2 Å². The third-order valence-corrected chi connectivity index (χ3v) is 9.37. The molecule has 6 aromatic carbocycles. The van der Waals surface area contributed by atoms with Crippen LogP contribution in [0.1, 0.15) is 33.4 Å². The molecule has 2 aliphatic carbocycles. The Morgan fingerprint density at radius 1 is 0.391 bits per heavy atom. The molecule has 6 aromatic rings. The number of alkyl halides is 6. The van der Waals surface area contributed by atoms with Gasteiger partial charge in [-0.05, 0) is 109 Å². The van der Waals surface area contributed by atoms with Crippen LogP contribution in [-0.2, 0) is 17.8 Å². The predicted molar refractivity (Wildman–Crippen MR) is 169 cm³/mol. The fourth-order valence-electron chi connectivity index (χ4n) is 7.32. The molecule has 0 saturated heterocycles. The van der Waals surface area contributed by atoms with Crippen molar-refractivity contribution in [3.05, 3.63) is 166 Å². The maximum atomic E-state index is 13.7. The van der Waals surface area contributed by atoms with E-state index in [9.17, 15) is 26.3 Å². The van der Waals surface area contributed by atoms with Crippen LogP contribution in [0, 0.1) is 0 Å². The molecule has 0 nitrogen and oxygen atoms in total. The monoisotopic (exact) mass is 638 g/mol. The van der Waals surface area contributed by atoms with Gasteiger partial charge in [-0.15, -0.1) is 0 Å². The number of rotatable bonds is 2. The van der Waals surface area contributed by atoms with Gasteiger partial charge in [-0.2, -0.15) is 26.3 Å². The van der Waals surface area contributed by atoms with Crippen LogP contribution in [-0.4, -0.2) is 0 Å². The summed E-state index contributed by atoms with van der Waals surface area (Å²) in [6, 6.07) is 37.2. The second-order valence-electron chi connectivity index (χ2n) is 11.7. The molecule has 0 unspecified atom stereocenters. The maximum absolute atomic E-state index is 13.7. The SMILES string of the molecule is FC(F)(F)c1cc(-c2cc(Cl)cc(-c3ccc4c(c3)C3(c5ccccc5-c5ccccc53)c3ccccc3-4)c2)cc(C(F)(F)F)c1. The molecule has 1 spiro atoms. The van der Waals surface area contributed by atoms with Gasteiger partial charge in [-0.1, -0.05) is 96.5 Å². The average molecular weight is 639 g/mol. The van der Waals surface area contributed by atoms with Crippen LogP contribution in [0.4, 0.5) is 26.3 Å². The quantitative estimate of drug-likeness (QED) is 0.165. The fraction of sp³-hybridized carbons (Fsp3) is 0.0769. The summed E-state index contributed by atoms with van der Waals surface area (Å²) in [7, 11) is 0. The molecule has 0 heterocycles. The Balaban J connectivity index is 1.35. The molecule has 0 atom stereocenters. The van der Waals surface area contributed by atoms with Crippen molar-refractivity contribution in [3.63, 3.8) is 0 Å². The Kier molecular flexibility index (Phi) is 6.13. The van der Waals surface area contributed by atoms with Gasteiger partial charge in [0.2, 0.25) is 0 Å². The lowest BCUT2D eigenvalue weighted by molar-refractivity contribution is -0.143. The molecule has 0 radical (unpaired) electrons. The molecule has 0 saturated carbocycles. The van der Waals surface area contributed by atoms with Crippen molar-refractivity contribution in [2.24, 2.45) is 0 Å². The Labute approximate surface area is 265 Å². The summed E-state index contributed by atoms with van der Waals surface area (Å²) in [4.78, 5) is 0. The highest BCUT2D eigenvalue weighted by atomic mass is 35.5. The van der Waals surface area contributed by atoms with Crippen LogP contribution in [0.3, 0.4) is 0 Å². The number of hydrogen-bond donors (Lipinski definition) is 0. The lowest BCUT2D eigenvalue weighted by Crippen LogP contribution is -2.25. The van der Waals surface area contributed by atoms with E-state index < -0.39 is 28.9 Å². The van der Waals surface area contributed by atoms with Crippen molar-refractivity contribution in [1.82, 2.24) is 0 Å². The van der Waals surface area contributed by atoms with E-state index in [0.29, 0.717) is 5.56 Å². The predicted octanol–water partition coefficient (Wildman–Crippen LogP) is 12.1. The zero-order chi connectivity index (χ0) is 32.0. The van der Waals surface area contributed by atoms with Gasteiger partial charge in [0.05, 0.1) is 16.5 Å². The summed E-state index contributed by atoms with van der Waals surface area (Å²) >= 11 is 6.51. The molecule has 2 aliphatic rings. The van der Waals surface area contributed by atoms with Gasteiger partial charge in [-0.3, -0.25) is 0 Å². The molecule has 226 valence electrons. The lowest BCUT2D eigenvalue weighted by atomic mass is 9.70. The first-order valence-electron chi connectivity index (χ1n) is 14.5. The summed E-state index contributed by atoms with van der Waals surface area (Å²) in [5, 5.41) is 0.188. The van der Waals surface area contributed by atoms with Crippen LogP contribution >= 0.6 is 11.6 Å². The summed E-state index contributed by atoms with van der Waals surface area (Å²) in [6.07, 6.45) is -9.93. The molecule has 7 heteroatoms. The number of benzene rings is 6. The van der Waals surface area contributed by atoms with Crippen LogP contribution < -0.4 is 0 Å². The van der Waals surface area contributed by atoms with Gasteiger partial charge in [0.25, 0.3) is 0 Å². The second-order valence-corrected chi connectivity index (χ2v) is 12.1. The third kappa shape index (κ3) is 4.16. The van der Waals surface area contributed by atoms with Gasteiger partial charge in [0, 0.05) is 5.02 Å². The van der Waals surface area contributed by atoms with Crippen molar-refractivity contribution >= 4 is 11.6 Å². The standard InChI is InChI=1S/C39H21ClF6/c40-28-18-23(15-24(19-28)25-16-26(38(41,42)43)21-27(17-25)39(44,45)46)22-13-14-32-31-9-3-6-12-35(31)37(36(32)20-22)33-10-4-1-7-29(33)30-8-2-5-11-34(30)37/h1-21H. The molecular weight excluding hydrogens is 618 g/mol. The highest BCUT2D eigenvalue weighted by Gasteiger charge is 2.51. The highest BCUT2D eigenvalue weighted by Crippen LogP contribution is 2.63. The summed E-state index contributed by atoms with van der Waals surface area (Å²) < 4.78 is 82.1. The van der Waals surface area contributed by atoms with Crippen molar-refractivity contribution in [2.75, 3.05) is 0 Å². The van der Waals surface area contributed by atoms with Crippen LogP contribution in [0.2, 0.25) is 5.02 Å². The fourth-order valence-corrected chi connectivity index (χ4v) is 7.55. The van der Waals surface area contributed by atoms with E-state index in [1.54, 1.807) is 12.1 Å². The highest BCUT2D eigenvalue weighted by molar-refractivity contribution is 6.31. The first kappa shape index (κ1) is 28.6. The summed E-state index contributed by atoms with van der Waals surface area (Å²) in [5.41, 5.74) is 6.78. The smallest absolute Gasteiger partial charge is 0.166 e. The minimum Gasteiger partial charge on any atom is -0.166 e. The van der Waals surface area contributed by atoms with Crippen molar-refractivity contribution in [3.8, 4) is 44.5 Å².